The Labute approximate surface area is 195 Å². The molecule has 0 N–H and O–H groups in total. The number of sulfonamides is 1. The maximum Gasteiger partial charge on any atom is 0.258 e. The molecule has 0 aromatic heterocycles. The molecule has 0 saturated carbocycles. The van der Waals surface area contributed by atoms with Crippen LogP contribution in [-0.2, 0) is 14.8 Å². The molecule has 2 atom stereocenters. The van der Waals surface area contributed by atoms with Gasteiger partial charge in [-0.05, 0) is 49.7 Å². The lowest BCUT2D eigenvalue weighted by molar-refractivity contribution is -0.0440. The van der Waals surface area contributed by atoms with Crippen LogP contribution in [0, 0.1) is 0 Å². The molecule has 0 spiro atoms. The SMILES string of the molecule is CC1CN(S(=O)(=O)c2ccc(C(=O)N(C)c3ccccc3-c3ccccc3)cc2)CC(C)O1. The van der Waals surface area contributed by atoms with E-state index in [0.29, 0.717) is 18.7 Å². The third-order valence-electron chi connectivity index (χ3n) is 5.78. The fourth-order valence-corrected chi connectivity index (χ4v) is 5.77. The fraction of sp³-hybridized carbons (Fsp3) is 0.269. The second-order valence-electron chi connectivity index (χ2n) is 8.35. The molecule has 172 valence electrons. The zero-order valence-electron chi connectivity index (χ0n) is 19.0. The van der Waals surface area contributed by atoms with Gasteiger partial charge in [-0.15, -0.1) is 0 Å². The van der Waals surface area contributed by atoms with E-state index in [1.54, 1.807) is 24.1 Å². The van der Waals surface area contributed by atoms with E-state index in [1.807, 2.05) is 68.4 Å². The van der Waals surface area contributed by atoms with Crippen molar-refractivity contribution in [1.82, 2.24) is 4.31 Å². The molecule has 4 rings (SSSR count). The van der Waals surface area contributed by atoms with Crippen LogP contribution in [0.5, 0.6) is 0 Å². The molecule has 2 unspecified atom stereocenters. The molecule has 7 heteroatoms. The van der Waals surface area contributed by atoms with Crippen LogP contribution < -0.4 is 4.90 Å². The largest absolute Gasteiger partial charge is 0.373 e. The van der Waals surface area contributed by atoms with E-state index in [0.717, 1.165) is 16.8 Å². The maximum atomic E-state index is 13.2. The van der Waals surface area contributed by atoms with Gasteiger partial charge in [0, 0.05) is 31.3 Å². The summed E-state index contributed by atoms with van der Waals surface area (Å²) >= 11 is 0. The molecule has 1 saturated heterocycles. The summed E-state index contributed by atoms with van der Waals surface area (Å²) in [7, 11) is -1.93. The van der Waals surface area contributed by atoms with Crippen molar-refractivity contribution in [3.8, 4) is 11.1 Å². The van der Waals surface area contributed by atoms with E-state index in [1.165, 1.54) is 16.4 Å². The van der Waals surface area contributed by atoms with Crippen molar-refractivity contribution in [3.05, 3.63) is 84.4 Å². The standard InChI is InChI=1S/C26H28N2O4S/c1-19-17-28(18-20(2)32-19)33(30,31)23-15-13-22(14-16-23)26(29)27(3)25-12-8-7-11-24(25)21-9-5-4-6-10-21/h4-16,19-20H,17-18H2,1-3H3. The summed E-state index contributed by atoms with van der Waals surface area (Å²) in [6.07, 6.45) is -0.328. The van der Waals surface area contributed by atoms with Crippen molar-refractivity contribution in [2.45, 2.75) is 31.0 Å². The summed E-state index contributed by atoms with van der Waals surface area (Å²) in [6, 6.07) is 23.8. The van der Waals surface area contributed by atoms with Crippen molar-refractivity contribution in [2.24, 2.45) is 0 Å². The summed E-state index contributed by atoms with van der Waals surface area (Å²) in [5.74, 6) is -0.212. The highest BCUT2D eigenvalue weighted by atomic mass is 32.2. The van der Waals surface area contributed by atoms with Gasteiger partial charge in [-0.3, -0.25) is 4.79 Å². The Balaban J connectivity index is 1.57. The monoisotopic (exact) mass is 464 g/mol. The predicted molar refractivity (Wildman–Crippen MR) is 130 cm³/mol. The van der Waals surface area contributed by atoms with Gasteiger partial charge in [-0.1, -0.05) is 48.5 Å². The smallest absolute Gasteiger partial charge is 0.258 e. The lowest BCUT2D eigenvalue weighted by Gasteiger charge is -2.34. The number of para-hydroxylation sites is 1. The quantitative estimate of drug-likeness (QED) is 0.560. The zero-order valence-corrected chi connectivity index (χ0v) is 19.8. The molecule has 3 aromatic rings. The number of hydrogen-bond donors (Lipinski definition) is 0. The topological polar surface area (TPSA) is 66.9 Å². The Hall–Kier alpha value is -3.00. The fourth-order valence-electron chi connectivity index (χ4n) is 4.18. The lowest BCUT2D eigenvalue weighted by Crippen LogP contribution is -2.48. The van der Waals surface area contributed by atoms with E-state index < -0.39 is 10.0 Å². The highest BCUT2D eigenvalue weighted by Crippen LogP contribution is 2.31. The molecule has 1 fully saturated rings. The van der Waals surface area contributed by atoms with E-state index in [-0.39, 0.29) is 23.0 Å². The number of anilines is 1. The molecule has 1 amide bonds. The molecule has 33 heavy (non-hydrogen) atoms. The van der Waals surface area contributed by atoms with E-state index >= 15 is 0 Å². The second-order valence-corrected chi connectivity index (χ2v) is 10.3. The third kappa shape index (κ3) is 4.85. The number of rotatable bonds is 5. The number of carbonyl (C=O) groups excluding carboxylic acids is 1. The third-order valence-corrected chi connectivity index (χ3v) is 7.63. The summed E-state index contributed by atoms with van der Waals surface area (Å²) in [5, 5.41) is 0. The van der Waals surface area contributed by atoms with Gasteiger partial charge in [0.25, 0.3) is 5.91 Å². The van der Waals surface area contributed by atoms with Crippen LogP contribution in [0.3, 0.4) is 0 Å². The first-order valence-corrected chi connectivity index (χ1v) is 12.4. The summed E-state index contributed by atoms with van der Waals surface area (Å²) in [6.45, 7) is 4.35. The van der Waals surface area contributed by atoms with E-state index in [9.17, 15) is 13.2 Å². The second kappa shape index (κ2) is 9.47. The molecule has 3 aromatic carbocycles. The van der Waals surface area contributed by atoms with Crippen LogP contribution in [-0.4, -0.2) is 51.0 Å². The Morgan fingerprint density at radius 3 is 2.09 bits per heavy atom. The number of amides is 1. The van der Waals surface area contributed by atoms with Crippen LogP contribution in [0.1, 0.15) is 24.2 Å². The molecule has 0 bridgehead atoms. The summed E-state index contributed by atoms with van der Waals surface area (Å²) in [5.41, 5.74) is 3.16. The van der Waals surface area contributed by atoms with Gasteiger partial charge in [-0.25, -0.2) is 8.42 Å². The minimum absolute atomic E-state index is 0.164. The average Bonchev–Trinajstić information content (AvgIpc) is 2.83. The Morgan fingerprint density at radius 2 is 1.45 bits per heavy atom. The van der Waals surface area contributed by atoms with Crippen molar-refractivity contribution in [2.75, 3.05) is 25.0 Å². The predicted octanol–water partition coefficient (Wildman–Crippen LogP) is 4.43. The van der Waals surface area contributed by atoms with Crippen molar-refractivity contribution in [3.63, 3.8) is 0 Å². The first-order valence-electron chi connectivity index (χ1n) is 11.0. The number of benzene rings is 3. The molecule has 1 aliphatic heterocycles. The molecule has 0 radical (unpaired) electrons. The minimum Gasteiger partial charge on any atom is -0.373 e. The van der Waals surface area contributed by atoms with Gasteiger partial charge in [-0.2, -0.15) is 4.31 Å². The van der Waals surface area contributed by atoms with Gasteiger partial charge in [0.15, 0.2) is 0 Å². The molecule has 6 nitrogen and oxygen atoms in total. The van der Waals surface area contributed by atoms with Crippen LogP contribution in [0.2, 0.25) is 0 Å². The number of morpholine rings is 1. The van der Waals surface area contributed by atoms with Gasteiger partial charge >= 0.3 is 0 Å². The number of nitrogens with zero attached hydrogens (tertiary/aromatic N) is 2. The van der Waals surface area contributed by atoms with Crippen molar-refractivity contribution in [1.29, 1.82) is 0 Å². The molecular weight excluding hydrogens is 436 g/mol. The van der Waals surface area contributed by atoms with Crippen LogP contribution >= 0.6 is 0 Å². The Kier molecular flexibility index (Phi) is 6.65. The normalized spacial score (nSPS) is 19.2. The average molecular weight is 465 g/mol. The van der Waals surface area contributed by atoms with Crippen LogP contribution in [0.25, 0.3) is 11.1 Å². The van der Waals surface area contributed by atoms with E-state index in [2.05, 4.69) is 0 Å². The lowest BCUT2D eigenvalue weighted by atomic mass is 10.0. The van der Waals surface area contributed by atoms with Crippen molar-refractivity contribution < 1.29 is 17.9 Å². The number of hydrogen-bond acceptors (Lipinski definition) is 4. The van der Waals surface area contributed by atoms with Crippen molar-refractivity contribution >= 4 is 21.6 Å². The molecular formula is C26H28N2O4S. The maximum absolute atomic E-state index is 13.2. The van der Waals surface area contributed by atoms with Gasteiger partial charge in [0.2, 0.25) is 10.0 Å². The highest BCUT2D eigenvalue weighted by Gasteiger charge is 2.32. The minimum atomic E-state index is -3.66. The molecule has 1 aliphatic rings. The van der Waals surface area contributed by atoms with Gasteiger partial charge < -0.3 is 9.64 Å². The van der Waals surface area contributed by atoms with Crippen LogP contribution in [0.15, 0.2) is 83.8 Å². The van der Waals surface area contributed by atoms with Crippen LogP contribution in [0.4, 0.5) is 5.69 Å². The first kappa shape index (κ1) is 23.2. The highest BCUT2D eigenvalue weighted by molar-refractivity contribution is 7.89. The first-order chi connectivity index (χ1) is 15.8. The summed E-state index contributed by atoms with van der Waals surface area (Å²) in [4.78, 5) is 15.0. The molecule has 1 heterocycles. The van der Waals surface area contributed by atoms with E-state index in [4.69, 9.17) is 4.74 Å². The zero-order chi connectivity index (χ0) is 23.6. The Bertz CT molecular complexity index is 1220. The Morgan fingerprint density at radius 1 is 0.879 bits per heavy atom. The van der Waals surface area contributed by atoms with Gasteiger partial charge in [0.05, 0.1) is 22.8 Å². The van der Waals surface area contributed by atoms with Gasteiger partial charge in [0.1, 0.15) is 0 Å². The number of carbonyl (C=O) groups is 1. The summed E-state index contributed by atoms with van der Waals surface area (Å²) < 4.78 is 33.3. The molecule has 0 aliphatic carbocycles. The number of ether oxygens (including phenoxy) is 1.